The minimum absolute atomic E-state index is 0. The summed E-state index contributed by atoms with van der Waals surface area (Å²) in [4.78, 5) is 0. The summed E-state index contributed by atoms with van der Waals surface area (Å²) in [5.41, 5.74) is 1.39. The monoisotopic (exact) mass is 325 g/mol. The van der Waals surface area contributed by atoms with Crippen molar-refractivity contribution in [1.82, 2.24) is 5.32 Å². The van der Waals surface area contributed by atoms with Crippen LogP contribution in [0.3, 0.4) is 0 Å². The highest BCUT2D eigenvalue weighted by molar-refractivity contribution is 5.85. The Morgan fingerprint density at radius 1 is 0.682 bits per heavy atom. The first kappa shape index (κ1) is 21.5. The molecule has 22 heavy (non-hydrogen) atoms. The molecule has 0 unspecified atom stereocenters. The van der Waals surface area contributed by atoms with Crippen molar-refractivity contribution in [2.24, 2.45) is 0 Å². The largest absolute Gasteiger partial charge is 0.313 e. The van der Waals surface area contributed by atoms with Gasteiger partial charge in [-0.15, -0.1) is 12.4 Å². The molecule has 2 heteroatoms. The lowest BCUT2D eigenvalue weighted by atomic mass is 10.1. The van der Waals surface area contributed by atoms with E-state index in [9.17, 15) is 0 Å². The van der Waals surface area contributed by atoms with Crippen LogP contribution >= 0.6 is 12.4 Å². The van der Waals surface area contributed by atoms with Crippen LogP contribution in [0.4, 0.5) is 0 Å². The van der Waals surface area contributed by atoms with E-state index >= 15 is 0 Å². The van der Waals surface area contributed by atoms with Crippen LogP contribution in [0.25, 0.3) is 0 Å². The van der Waals surface area contributed by atoms with E-state index in [0.29, 0.717) is 0 Å². The van der Waals surface area contributed by atoms with Crippen LogP contribution in [0.5, 0.6) is 0 Å². The Bertz CT molecular complexity index is 313. The number of unbranched alkanes of at least 4 members (excludes halogenated alkanes) is 10. The molecule has 1 rings (SSSR count). The molecule has 0 aliphatic rings. The molecule has 1 N–H and O–H groups in total. The summed E-state index contributed by atoms with van der Waals surface area (Å²) in [7, 11) is 0. The summed E-state index contributed by atoms with van der Waals surface area (Å²) in [5, 5.41) is 3.53. The number of halogens is 1. The lowest BCUT2D eigenvalue weighted by molar-refractivity contribution is 0.539. The lowest BCUT2D eigenvalue weighted by Crippen LogP contribution is -2.14. The van der Waals surface area contributed by atoms with E-state index in [1.165, 1.54) is 76.2 Å². The number of nitrogens with one attached hydrogen (secondary N) is 1. The minimum atomic E-state index is 0. The first-order chi connectivity index (χ1) is 10.4. The second-order valence-corrected chi connectivity index (χ2v) is 6.20. The second-order valence-electron chi connectivity index (χ2n) is 6.20. The van der Waals surface area contributed by atoms with Crippen molar-refractivity contribution >= 4 is 12.4 Å². The van der Waals surface area contributed by atoms with Crippen molar-refractivity contribution in [2.75, 3.05) is 6.54 Å². The first-order valence-corrected chi connectivity index (χ1v) is 9.18. The van der Waals surface area contributed by atoms with Crippen LogP contribution in [0.15, 0.2) is 30.3 Å². The smallest absolute Gasteiger partial charge is 0.0205 e. The fourth-order valence-corrected chi connectivity index (χ4v) is 2.74. The first-order valence-electron chi connectivity index (χ1n) is 9.18. The van der Waals surface area contributed by atoms with E-state index in [1.807, 2.05) is 0 Å². The van der Waals surface area contributed by atoms with Crippen LogP contribution in [0.2, 0.25) is 0 Å². The van der Waals surface area contributed by atoms with Gasteiger partial charge in [0, 0.05) is 6.54 Å². The molecule has 0 spiro atoms. The fraction of sp³-hybridized carbons (Fsp3) is 0.700. The Morgan fingerprint density at radius 3 is 1.73 bits per heavy atom. The van der Waals surface area contributed by atoms with E-state index < -0.39 is 0 Å². The van der Waals surface area contributed by atoms with Crippen LogP contribution in [-0.4, -0.2) is 6.54 Å². The Labute approximate surface area is 144 Å². The van der Waals surface area contributed by atoms with Crippen molar-refractivity contribution in [3.05, 3.63) is 35.9 Å². The molecule has 0 fully saturated rings. The molecule has 1 nitrogen and oxygen atoms in total. The average molecular weight is 326 g/mol. The topological polar surface area (TPSA) is 12.0 Å². The molecular formula is C20H36ClN. The summed E-state index contributed by atoms with van der Waals surface area (Å²) >= 11 is 0. The predicted molar refractivity (Wildman–Crippen MR) is 102 cm³/mol. The van der Waals surface area contributed by atoms with Gasteiger partial charge in [0.2, 0.25) is 0 Å². The Hall–Kier alpha value is -0.530. The van der Waals surface area contributed by atoms with Gasteiger partial charge in [-0.05, 0) is 18.5 Å². The SMILES string of the molecule is CCCCCCCCCCCCCNCc1ccccc1.Cl. The summed E-state index contributed by atoms with van der Waals surface area (Å²) in [6.45, 7) is 4.46. The van der Waals surface area contributed by atoms with Gasteiger partial charge in [0.15, 0.2) is 0 Å². The standard InChI is InChI=1S/C20H35N.ClH/c1-2-3-4-5-6-7-8-9-10-11-15-18-21-19-20-16-13-12-14-17-20;/h12-14,16-17,21H,2-11,15,18-19H2,1H3;1H. The zero-order valence-electron chi connectivity index (χ0n) is 14.5. The van der Waals surface area contributed by atoms with Crippen molar-refractivity contribution in [2.45, 2.75) is 84.1 Å². The highest BCUT2D eigenvalue weighted by Gasteiger charge is 1.94. The molecule has 0 aliphatic heterocycles. The normalized spacial score (nSPS) is 10.4. The summed E-state index contributed by atoms with van der Waals surface area (Å²) < 4.78 is 0. The van der Waals surface area contributed by atoms with Crippen LogP contribution in [0.1, 0.15) is 83.1 Å². The predicted octanol–water partition coefficient (Wildman–Crippen LogP) is 6.51. The number of hydrogen-bond acceptors (Lipinski definition) is 1. The van der Waals surface area contributed by atoms with Crippen molar-refractivity contribution in [3.8, 4) is 0 Å². The lowest BCUT2D eigenvalue weighted by Gasteiger charge is -2.05. The van der Waals surface area contributed by atoms with Gasteiger partial charge in [0.05, 0.1) is 0 Å². The molecule has 0 aliphatic carbocycles. The highest BCUT2D eigenvalue weighted by Crippen LogP contribution is 2.11. The molecule has 0 aromatic heterocycles. The van der Waals surface area contributed by atoms with Gasteiger partial charge < -0.3 is 5.32 Å². The maximum Gasteiger partial charge on any atom is 0.0205 e. The second kappa shape index (κ2) is 16.8. The Kier molecular flexibility index (Phi) is 16.4. The third kappa shape index (κ3) is 13.2. The zero-order valence-corrected chi connectivity index (χ0v) is 15.3. The van der Waals surface area contributed by atoms with Gasteiger partial charge in [0.25, 0.3) is 0 Å². The van der Waals surface area contributed by atoms with Crippen molar-refractivity contribution < 1.29 is 0 Å². The van der Waals surface area contributed by atoms with E-state index in [-0.39, 0.29) is 12.4 Å². The van der Waals surface area contributed by atoms with Gasteiger partial charge in [0.1, 0.15) is 0 Å². The number of rotatable bonds is 14. The molecule has 0 heterocycles. The zero-order chi connectivity index (χ0) is 15.0. The minimum Gasteiger partial charge on any atom is -0.313 e. The van der Waals surface area contributed by atoms with E-state index in [2.05, 4.69) is 42.6 Å². The molecule has 1 aromatic carbocycles. The van der Waals surface area contributed by atoms with Crippen LogP contribution in [-0.2, 0) is 6.54 Å². The quantitative estimate of drug-likeness (QED) is 0.384. The Balaban J connectivity index is 0.00000441. The molecule has 0 saturated heterocycles. The van der Waals surface area contributed by atoms with Gasteiger partial charge in [-0.3, -0.25) is 0 Å². The Morgan fingerprint density at radius 2 is 1.18 bits per heavy atom. The van der Waals surface area contributed by atoms with Gasteiger partial charge in [-0.25, -0.2) is 0 Å². The van der Waals surface area contributed by atoms with Gasteiger partial charge in [-0.1, -0.05) is 101 Å². The molecule has 0 atom stereocenters. The highest BCUT2D eigenvalue weighted by atomic mass is 35.5. The van der Waals surface area contributed by atoms with Gasteiger partial charge >= 0.3 is 0 Å². The van der Waals surface area contributed by atoms with E-state index in [0.717, 1.165) is 13.1 Å². The van der Waals surface area contributed by atoms with E-state index in [1.54, 1.807) is 0 Å². The summed E-state index contributed by atoms with van der Waals surface area (Å²) in [6.07, 6.45) is 15.6. The molecule has 0 saturated carbocycles. The van der Waals surface area contributed by atoms with Crippen molar-refractivity contribution in [3.63, 3.8) is 0 Å². The fourth-order valence-electron chi connectivity index (χ4n) is 2.74. The molecular weight excluding hydrogens is 290 g/mol. The van der Waals surface area contributed by atoms with Crippen LogP contribution in [0, 0.1) is 0 Å². The van der Waals surface area contributed by atoms with Gasteiger partial charge in [-0.2, -0.15) is 0 Å². The summed E-state index contributed by atoms with van der Waals surface area (Å²) in [5.74, 6) is 0. The third-order valence-electron chi connectivity index (χ3n) is 4.13. The molecule has 128 valence electrons. The number of hydrogen-bond donors (Lipinski definition) is 1. The third-order valence-corrected chi connectivity index (χ3v) is 4.13. The number of benzene rings is 1. The molecule has 0 amide bonds. The van der Waals surface area contributed by atoms with Crippen LogP contribution < -0.4 is 5.32 Å². The molecule has 0 radical (unpaired) electrons. The molecule has 0 bridgehead atoms. The average Bonchev–Trinajstić information content (AvgIpc) is 2.53. The van der Waals surface area contributed by atoms with E-state index in [4.69, 9.17) is 0 Å². The molecule has 1 aromatic rings. The van der Waals surface area contributed by atoms with Crippen molar-refractivity contribution in [1.29, 1.82) is 0 Å². The maximum atomic E-state index is 3.53. The summed E-state index contributed by atoms with van der Waals surface area (Å²) in [6, 6.07) is 10.7. The maximum absolute atomic E-state index is 3.53.